The van der Waals surface area contributed by atoms with Crippen LogP contribution in [0.4, 0.5) is 0 Å². The molecule has 0 N–H and O–H groups in total. The fraction of sp³-hybridized carbons (Fsp3) is 0.217. The molecule has 0 saturated heterocycles. The lowest BCUT2D eigenvalue weighted by molar-refractivity contribution is 0.106. The van der Waals surface area contributed by atoms with Crippen LogP contribution in [0.3, 0.4) is 0 Å². The van der Waals surface area contributed by atoms with E-state index in [2.05, 4.69) is 0 Å². The van der Waals surface area contributed by atoms with Crippen molar-refractivity contribution in [2.24, 2.45) is 7.05 Å². The summed E-state index contributed by atoms with van der Waals surface area (Å²) in [6.07, 6.45) is 3.31. The van der Waals surface area contributed by atoms with Crippen molar-refractivity contribution in [1.29, 1.82) is 0 Å². The summed E-state index contributed by atoms with van der Waals surface area (Å²) < 4.78 is 13.5. The van der Waals surface area contributed by atoms with Crippen LogP contribution < -0.4 is 24.2 Å². The number of ether oxygens (including phenoxy) is 2. The van der Waals surface area contributed by atoms with E-state index in [0.717, 1.165) is 11.1 Å². The fourth-order valence-corrected chi connectivity index (χ4v) is 3.98. The molecule has 150 valence electrons. The van der Waals surface area contributed by atoms with E-state index >= 15 is 0 Å². The highest BCUT2D eigenvalue weighted by atomic mass is 32.1. The van der Waals surface area contributed by atoms with Gasteiger partial charge in [-0.2, -0.15) is 0 Å². The van der Waals surface area contributed by atoms with Crippen molar-refractivity contribution in [1.82, 2.24) is 4.57 Å². The summed E-state index contributed by atoms with van der Waals surface area (Å²) in [5.41, 5.74) is 2.21. The molecule has 3 rings (SSSR count). The maximum absolute atomic E-state index is 12.7. The molecule has 0 amide bonds. The predicted molar refractivity (Wildman–Crippen MR) is 117 cm³/mol. The third-order valence-corrected chi connectivity index (χ3v) is 5.62. The molecule has 0 atom stereocenters. The lowest BCUT2D eigenvalue weighted by Crippen LogP contribution is -2.29. The van der Waals surface area contributed by atoms with Gasteiger partial charge in [-0.3, -0.25) is 9.59 Å². The Morgan fingerprint density at radius 2 is 1.93 bits per heavy atom. The second-order valence-corrected chi connectivity index (χ2v) is 7.54. The van der Waals surface area contributed by atoms with Gasteiger partial charge < -0.3 is 14.0 Å². The number of aryl methyl sites for hydroxylation is 1. The molecule has 29 heavy (non-hydrogen) atoms. The number of rotatable bonds is 6. The number of methoxy groups -OCH3 is 1. The molecule has 5 nitrogen and oxygen atoms in total. The minimum absolute atomic E-state index is 0.116. The van der Waals surface area contributed by atoms with Gasteiger partial charge in [0.15, 0.2) is 17.3 Å². The largest absolute Gasteiger partial charge is 0.493 e. The van der Waals surface area contributed by atoms with Crippen molar-refractivity contribution >= 4 is 29.3 Å². The number of nitrogens with zero attached hydrogens (tertiary/aromatic N) is 1. The van der Waals surface area contributed by atoms with Gasteiger partial charge in [0.1, 0.15) is 4.66 Å². The minimum atomic E-state index is -0.147. The number of carbonyl (C=O) groups excluding carboxylic acids is 1. The summed E-state index contributed by atoms with van der Waals surface area (Å²) in [5.74, 6) is 1.15. The van der Waals surface area contributed by atoms with Crippen molar-refractivity contribution in [2.75, 3.05) is 13.7 Å². The van der Waals surface area contributed by atoms with Gasteiger partial charge >= 0.3 is 0 Å². The molecule has 1 heterocycles. The summed E-state index contributed by atoms with van der Waals surface area (Å²) in [4.78, 5) is 25.3. The molecule has 0 fully saturated rings. The molecular weight excluding hydrogens is 386 g/mol. The summed E-state index contributed by atoms with van der Waals surface area (Å²) in [6.45, 7) is 4.34. The molecule has 0 unspecified atom stereocenters. The SMILES string of the molecule is CCOc1ccc(/C=c2\s/c(=C\C(=O)c3ccccc3C)n(C)c2=O)cc1OC. The van der Waals surface area contributed by atoms with Crippen LogP contribution in [0.15, 0.2) is 47.3 Å². The van der Waals surface area contributed by atoms with Crippen LogP contribution in [0.5, 0.6) is 11.5 Å². The second-order valence-electron chi connectivity index (χ2n) is 6.48. The van der Waals surface area contributed by atoms with Crippen molar-refractivity contribution in [3.8, 4) is 11.5 Å². The van der Waals surface area contributed by atoms with E-state index < -0.39 is 0 Å². The van der Waals surface area contributed by atoms with Gasteiger partial charge in [-0.1, -0.05) is 30.3 Å². The topological polar surface area (TPSA) is 57.5 Å². The standard InChI is InChI=1S/C23H23NO4S/c1-5-28-19-11-10-16(12-20(19)27-4)13-21-23(26)24(3)22(29-21)14-18(25)17-9-7-6-8-15(17)2/h6-14H,5H2,1-4H3/b21-13-,22-14-. The van der Waals surface area contributed by atoms with Crippen LogP contribution in [-0.2, 0) is 7.05 Å². The molecule has 2 aromatic carbocycles. The quantitative estimate of drug-likeness (QED) is 0.588. The maximum Gasteiger partial charge on any atom is 0.268 e. The molecule has 0 saturated carbocycles. The van der Waals surface area contributed by atoms with E-state index in [9.17, 15) is 9.59 Å². The molecule has 0 spiro atoms. The first-order valence-electron chi connectivity index (χ1n) is 9.24. The zero-order chi connectivity index (χ0) is 21.0. The Hall–Kier alpha value is -3.12. The summed E-state index contributed by atoms with van der Waals surface area (Å²) >= 11 is 1.28. The number of carbonyl (C=O) groups is 1. The lowest BCUT2D eigenvalue weighted by atomic mass is 10.1. The molecule has 0 aliphatic carbocycles. The number of Topliss-reactive ketones (excluding diaryl/α,β-unsaturated/α-hetero) is 1. The maximum atomic E-state index is 12.7. The van der Waals surface area contributed by atoms with Crippen LogP contribution in [0.1, 0.15) is 28.4 Å². The third-order valence-electron chi connectivity index (χ3n) is 4.51. The number of benzene rings is 2. The molecular formula is C23H23NO4S. The highest BCUT2D eigenvalue weighted by Crippen LogP contribution is 2.28. The van der Waals surface area contributed by atoms with Gasteiger partial charge in [-0.05, 0) is 43.2 Å². The first-order valence-corrected chi connectivity index (χ1v) is 10.1. The Kier molecular flexibility index (Phi) is 6.34. The van der Waals surface area contributed by atoms with Gasteiger partial charge in [-0.25, -0.2) is 0 Å². The van der Waals surface area contributed by atoms with Gasteiger partial charge in [0.2, 0.25) is 0 Å². The number of hydrogen-bond donors (Lipinski definition) is 0. The van der Waals surface area contributed by atoms with E-state index in [1.54, 1.807) is 26.3 Å². The molecule has 3 aromatic rings. The normalized spacial score (nSPS) is 12.3. The van der Waals surface area contributed by atoms with Crippen LogP contribution in [0, 0.1) is 6.92 Å². The Morgan fingerprint density at radius 1 is 1.17 bits per heavy atom. The molecule has 0 aliphatic heterocycles. The zero-order valence-electron chi connectivity index (χ0n) is 16.9. The van der Waals surface area contributed by atoms with Crippen molar-refractivity contribution < 1.29 is 14.3 Å². The summed E-state index contributed by atoms with van der Waals surface area (Å²) in [7, 11) is 3.25. The lowest BCUT2D eigenvalue weighted by Gasteiger charge is -2.09. The van der Waals surface area contributed by atoms with Gasteiger partial charge in [0.25, 0.3) is 5.56 Å². The minimum Gasteiger partial charge on any atom is -0.493 e. The summed E-state index contributed by atoms with van der Waals surface area (Å²) in [5, 5.41) is 0. The van der Waals surface area contributed by atoms with E-state index in [1.807, 2.05) is 50.2 Å². The molecule has 0 aliphatic rings. The fourth-order valence-electron chi connectivity index (χ4n) is 2.95. The van der Waals surface area contributed by atoms with E-state index in [1.165, 1.54) is 22.0 Å². The first kappa shape index (κ1) is 20.6. The Morgan fingerprint density at radius 3 is 2.62 bits per heavy atom. The second kappa shape index (κ2) is 8.92. The number of ketones is 1. The predicted octanol–water partition coefficient (Wildman–Crippen LogP) is 2.65. The smallest absolute Gasteiger partial charge is 0.268 e. The zero-order valence-corrected chi connectivity index (χ0v) is 17.7. The average molecular weight is 410 g/mol. The van der Waals surface area contributed by atoms with Crippen molar-refractivity contribution in [3.05, 3.63) is 78.7 Å². The molecule has 0 bridgehead atoms. The number of aromatic nitrogens is 1. The van der Waals surface area contributed by atoms with Gasteiger partial charge in [-0.15, -0.1) is 11.3 Å². The Labute approximate surface area is 173 Å². The van der Waals surface area contributed by atoms with Crippen molar-refractivity contribution in [3.63, 3.8) is 0 Å². The highest BCUT2D eigenvalue weighted by molar-refractivity contribution is 7.07. The van der Waals surface area contributed by atoms with Gasteiger partial charge in [0, 0.05) is 18.7 Å². The number of thiazole rings is 1. The highest BCUT2D eigenvalue weighted by Gasteiger charge is 2.08. The van der Waals surface area contributed by atoms with Crippen LogP contribution in [0.25, 0.3) is 12.2 Å². The number of hydrogen-bond acceptors (Lipinski definition) is 5. The van der Waals surface area contributed by atoms with Gasteiger partial charge in [0.05, 0.1) is 18.2 Å². The van der Waals surface area contributed by atoms with Crippen LogP contribution >= 0.6 is 11.3 Å². The third kappa shape index (κ3) is 4.49. The first-order chi connectivity index (χ1) is 13.9. The van der Waals surface area contributed by atoms with Crippen molar-refractivity contribution in [2.45, 2.75) is 13.8 Å². The molecule has 1 aromatic heterocycles. The Bertz CT molecular complexity index is 1220. The van der Waals surface area contributed by atoms with Crippen LogP contribution in [-0.4, -0.2) is 24.1 Å². The monoisotopic (exact) mass is 409 g/mol. The summed E-state index contributed by atoms with van der Waals surface area (Å²) in [6, 6.07) is 12.9. The van der Waals surface area contributed by atoms with E-state index in [4.69, 9.17) is 9.47 Å². The van der Waals surface area contributed by atoms with E-state index in [-0.39, 0.29) is 11.3 Å². The molecule has 6 heteroatoms. The van der Waals surface area contributed by atoms with Crippen LogP contribution in [0.2, 0.25) is 0 Å². The Balaban J connectivity index is 2.04. The van der Waals surface area contributed by atoms with E-state index in [0.29, 0.717) is 32.9 Å². The average Bonchev–Trinajstić information content (AvgIpc) is 2.97. The molecule has 0 radical (unpaired) electrons.